The van der Waals surface area contributed by atoms with Crippen molar-refractivity contribution in [2.24, 2.45) is 0 Å². The maximum atomic E-state index is 5.92. The Morgan fingerprint density at radius 1 is 1.19 bits per heavy atom. The van der Waals surface area contributed by atoms with E-state index in [0.717, 1.165) is 24.5 Å². The van der Waals surface area contributed by atoms with Gasteiger partial charge in [0.1, 0.15) is 5.75 Å². The highest BCUT2D eigenvalue weighted by Crippen LogP contribution is 2.33. The van der Waals surface area contributed by atoms with E-state index >= 15 is 0 Å². The Morgan fingerprint density at radius 2 is 2.05 bits per heavy atom. The summed E-state index contributed by atoms with van der Waals surface area (Å²) in [6.07, 6.45) is -0.262. The van der Waals surface area contributed by atoms with E-state index < -0.39 is 0 Å². The summed E-state index contributed by atoms with van der Waals surface area (Å²) in [6, 6.07) is 7.82. The number of rotatable bonds is 2. The minimum Gasteiger partial charge on any atom is -0.477 e. The van der Waals surface area contributed by atoms with Crippen LogP contribution in [0.4, 0.5) is 11.6 Å². The number of hydrogen-bond acceptors (Lipinski definition) is 7. The van der Waals surface area contributed by atoms with E-state index in [0.29, 0.717) is 31.6 Å². The maximum Gasteiger partial charge on any atom is 0.271 e. The molecular formula is C14H16N4O3. The van der Waals surface area contributed by atoms with Gasteiger partial charge in [0.2, 0.25) is 0 Å². The molecule has 1 saturated heterocycles. The minimum absolute atomic E-state index is 0.262. The number of para-hydroxylation sites is 2. The van der Waals surface area contributed by atoms with E-state index in [1.165, 1.54) is 0 Å². The Bertz CT molecular complexity index is 624. The molecule has 0 radical (unpaired) electrons. The number of fused-ring (bicyclic) bond motifs is 1. The number of anilines is 2. The molecule has 2 aliphatic rings. The summed E-state index contributed by atoms with van der Waals surface area (Å²) in [5.41, 5.74) is 0.988. The second-order valence-electron chi connectivity index (χ2n) is 5.02. The average molecular weight is 288 g/mol. The topological polar surface area (TPSA) is 72.7 Å². The van der Waals surface area contributed by atoms with Gasteiger partial charge in [-0.05, 0) is 17.3 Å². The second kappa shape index (κ2) is 5.25. The lowest BCUT2D eigenvalue weighted by atomic mass is 10.2. The standard InChI is InChI=1S/C14H16N4O3/c1-2-4-11-10(3-1)15-9-12(20-11)13-16-14(17-21-13)18-5-7-19-8-6-18/h1-4,12,15H,5-9H2. The molecule has 2 aliphatic heterocycles. The van der Waals surface area contributed by atoms with E-state index in [1.807, 2.05) is 24.3 Å². The first-order valence-corrected chi connectivity index (χ1v) is 7.06. The van der Waals surface area contributed by atoms with Gasteiger partial charge in [-0.2, -0.15) is 4.98 Å². The van der Waals surface area contributed by atoms with Crippen molar-refractivity contribution in [3.8, 4) is 5.75 Å². The molecular weight excluding hydrogens is 272 g/mol. The third-order valence-corrected chi connectivity index (χ3v) is 3.63. The number of nitrogens with zero attached hydrogens (tertiary/aromatic N) is 3. The number of hydrogen-bond donors (Lipinski definition) is 1. The van der Waals surface area contributed by atoms with Gasteiger partial charge in [-0.25, -0.2) is 0 Å². The predicted octanol–water partition coefficient (Wildman–Crippen LogP) is 1.45. The normalized spacial score (nSPS) is 21.3. The first kappa shape index (κ1) is 12.5. The van der Waals surface area contributed by atoms with Gasteiger partial charge in [0.25, 0.3) is 11.8 Å². The van der Waals surface area contributed by atoms with Gasteiger partial charge < -0.3 is 24.2 Å². The van der Waals surface area contributed by atoms with E-state index in [2.05, 4.69) is 20.4 Å². The second-order valence-corrected chi connectivity index (χ2v) is 5.02. The third-order valence-electron chi connectivity index (χ3n) is 3.63. The zero-order valence-electron chi connectivity index (χ0n) is 11.5. The van der Waals surface area contributed by atoms with Crippen molar-refractivity contribution in [2.45, 2.75) is 6.10 Å². The van der Waals surface area contributed by atoms with Crippen molar-refractivity contribution in [3.63, 3.8) is 0 Å². The molecule has 0 spiro atoms. The van der Waals surface area contributed by atoms with Gasteiger partial charge in [-0.15, -0.1) is 0 Å². The van der Waals surface area contributed by atoms with Crippen LogP contribution in [-0.4, -0.2) is 43.0 Å². The fraction of sp³-hybridized carbons (Fsp3) is 0.429. The molecule has 0 saturated carbocycles. The number of ether oxygens (including phenoxy) is 2. The fourth-order valence-electron chi connectivity index (χ4n) is 2.50. The highest BCUT2D eigenvalue weighted by molar-refractivity contribution is 5.57. The summed E-state index contributed by atoms with van der Waals surface area (Å²) < 4.78 is 16.6. The molecule has 2 aromatic rings. The maximum absolute atomic E-state index is 5.92. The lowest BCUT2D eigenvalue weighted by Gasteiger charge is -2.25. The minimum atomic E-state index is -0.262. The smallest absolute Gasteiger partial charge is 0.271 e. The van der Waals surface area contributed by atoms with E-state index in [4.69, 9.17) is 14.0 Å². The van der Waals surface area contributed by atoms with E-state index in [9.17, 15) is 0 Å². The molecule has 7 nitrogen and oxygen atoms in total. The number of nitrogens with one attached hydrogen (secondary N) is 1. The molecule has 1 aromatic carbocycles. The van der Waals surface area contributed by atoms with Crippen LogP contribution < -0.4 is 15.0 Å². The van der Waals surface area contributed by atoms with Gasteiger partial charge in [0.05, 0.1) is 25.4 Å². The largest absolute Gasteiger partial charge is 0.477 e. The summed E-state index contributed by atoms with van der Waals surface area (Å²) in [7, 11) is 0. The molecule has 110 valence electrons. The summed E-state index contributed by atoms with van der Waals surface area (Å²) >= 11 is 0. The molecule has 21 heavy (non-hydrogen) atoms. The Morgan fingerprint density at radius 3 is 2.95 bits per heavy atom. The molecule has 1 unspecified atom stereocenters. The van der Waals surface area contributed by atoms with Crippen LogP contribution in [0.2, 0.25) is 0 Å². The van der Waals surface area contributed by atoms with Crippen molar-refractivity contribution in [2.75, 3.05) is 43.1 Å². The number of morpholine rings is 1. The van der Waals surface area contributed by atoms with Gasteiger partial charge in [0.15, 0.2) is 6.10 Å². The lowest BCUT2D eigenvalue weighted by Crippen LogP contribution is -2.37. The quantitative estimate of drug-likeness (QED) is 0.896. The Hall–Kier alpha value is -2.28. The molecule has 0 bridgehead atoms. The van der Waals surface area contributed by atoms with E-state index in [-0.39, 0.29) is 6.10 Å². The van der Waals surface area contributed by atoms with Crippen molar-refractivity contribution < 1.29 is 14.0 Å². The van der Waals surface area contributed by atoms with Crippen LogP contribution in [0.1, 0.15) is 12.0 Å². The Kier molecular flexibility index (Phi) is 3.11. The summed E-state index contributed by atoms with van der Waals surface area (Å²) in [5, 5.41) is 7.36. The van der Waals surface area contributed by atoms with Gasteiger partial charge in [-0.3, -0.25) is 0 Å². The van der Waals surface area contributed by atoms with Crippen LogP contribution in [0.3, 0.4) is 0 Å². The molecule has 1 fully saturated rings. The van der Waals surface area contributed by atoms with Crippen LogP contribution in [0.15, 0.2) is 28.8 Å². The molecule has 0 aliphatic carbocycles. The van der Waals surface area contributed by atoms with Crippen molar-refractivity contribution in [1.29, 1.82) is 0 Å². The summed E-state index contributed by atoms with van der Waals surface area (Å²) in [4.78, 5) is 6.51. The molecule has 0 amide bonds. The molecule has 7 heteroatoms. The monoisotopic (exact) mass is 288 g/mol. The number of benzene rings is 1. The van der Waals surface area contributed by atoms with Crippen molar-refractivity contribution >= 4 is 11.6 Å². The van der Waals surface area contributed by atoms with Crippen molar-refractivity contribution in [1.82, 2.24) is 10.1 Å². The molecule has 3 heterocycles. The van der Waals surface area contributed by atoms with Crippen LogP contribution in [-0.2, 0) is 4.74 Å². The molecule has 1 aromatic heterocycles. The first-order valence-electron chi connectivity index (χ1n) is 7.06. The summed E-state index contributed by atoms with van der Waals surface area (Å²) in [5.74, 6) is 1.91. The number of aromatic nitrogens is 2. The van der Waals surface area contributed by atoms with E-state index in [1.54, 1.807) is 0 Å². The Labute approximate surface area is 121 Å². The third kappa shape index (κ3) is 2.40. The van der Waals surface area contributed by atoms with Crippen molar-refractivity contribution in [3.05, 3.63) is 30.2 Å². The fourth-order valence-corrected chi connectivity index (χ4v) is 2.50. The summed E-state index contributed by atoms with van der Waals surface area (Å²) in [6.45, 7) is 3.57. The van der Waals surface area contributed by atoms with Gasteiger partial charge in [0, 0.05) is 13.1 Å². The van der Waals surface area contributed by atoms with Gasteiger partial charge in [-0.1, -0.05) is 12.1 Å². The first-order chi connectivity index (χ1) is 10.4. The average Bonchev–Trinajstić information content (AvgIpc) is 3.05. The highest BCUT2D eigenvalue weighted by atomic mass is 16.5. The van der Waals surface area contributed by atoms with Crippen LogP contribution in [0, 0.1) is 0 Å². The lowest BCUT2D eigenvalue weighted by molar-refractivity contribution is 0.121. The van der Waals surface area contributed by atoms with Gasteiger partial charge >= 0.3 is 0 Å². The molecule has 4 rings (SSSR count). The van der Waals surface area contributed by atoms with Crippen LogP contribution in [0.5, 0.6) is 5.75 Å². The molecule has 1 atom stereocenters. The molecule has 1 N–H and O–H groups in total. The zero-order valence-corrected chi connectivity index (χ0v) is 11.5. The Balaban J connectivity index is 1.51. The highest BCUT2D eigenvalue weighted by Gasteiger charge is 2.27. The SMILES string of the molecule is c1ccc2c(c1)NCC(c1nc(N3CCOCC3)no1)O2. The zero-order chi connectivity index (χ0) is 14.1. The van der Waals surface area contributed by atoms with Crippen LogP contribution >= 0.6 is 0 Å². The predicted molar refractivity (Wildman–Crippen MR) is 75.6 cm³/mol. The van der Waals surface area contributed by atoms with Crippen LogP contribution in [0.25, 0.3) is 0 Å².